The van der Waals surface area contributed by atoms with Gasteiger partial charge in [-0.3, -0.25) is 0 Å². The Bertz CT molecular complexity index is 3530. The molecule has 0 atom stereocenters. The molecule has 12 aromatic rings. The molecule has 4 heterocycles. The maximum Gasteiger partial charge on any atom is 0.166 e. The largest absolute Gasteiger partial charge is 0.456 e. The maximum atomic E-state index is 6.53. The topological polar surface area (TPSA) is 69.9 Å². The maximum absolute atomic E-state index is 6.53. The quantitative estimate of drug-likeness (QED) is 0.176. The van der Waals surface area contributed by atoms with Crippen LogP contribution in [0.15, 0.2) is 191 Å². The number of hydrogen-bond acceptors (Lipinski definition) is 5. The molecule has 0 aliphatic carbocycles. The Morgan fingerprint density at radius 1 is 0.333 bits per heavy atom. The Morgan fingerprint density at radius 2 is 0.965 bits per heavy atom. The summed E-state index contributed by atoms with van der Waals surface area (Å²) in [5.74, 6) is 1.73. The monoisotopic (exact) mass is 730 g/mol. The lowest BCUT2D eigenvalue weighted by atomic mass is 9.99. The van der Waals surface area contributed by atoms with Crippen molar-refractivity contribution in [2.45, 2.75) is 0 Å². The van der Waals surface area contributed by atoms with Crippen molar-refractivity contribution in [3.05, 3.63) is 182 Å². The number of para-hydroxylation sites is 3. The Morgan fingerprint density at radius 3 is 1.82 bits per heavy atom. The minimum Gasteiger partial charge on any atom is -0.456 e. The molecule has 0 spiro atoms. The molecule has 57 heavy (non-hydrogen) atoms. The summed E-state index contributed by atoms with van der Waals surface area (Å²) in [6, 6.07) is 62.6. The van der Waals surface area contributed by atoms with Gasteiger partial charge in [-0.05, 0) is 65.7 Å². The van der Waals surface area contributed by atoms with Crippen LogP contribution < -0.4 is 0 Å². The average molecular weight is 731 g/mol. The smallest absolute Gasteiger partial charge is 0.166 e. The summed E-state index contributed by atoms with van der Waals surface area (Å²) in [7, 11) is 0. The second-order valence-corrected chi connectivity index (χ2v) is 14.4. The van der Waals surface area contributed by atoms with Crippen LogP contribution >= 0.6 is 0 Å². The van der Waals surface area contributed by atoms with Gasteiger partial charge >= 0.3 is 0 Å². The molecule has 6 nitrogen and oxygen atoms in total. The predicted molar refractivity (Wildman–Crippen MR) is 230 cm³/mol. The van der Waals surface area contributed by atoms with Crippen LogP contribution in [0.2, 0.25) is 0 Å². The van der Waals surface area contributed by atoms with Crippen LogP contribution in [0.4, 0.5) is 0 Å². The van der Waals surface area contributed by atoms with Crippen molar-refractivity contribution < 1.29 is 8.83 Å². The van der Waals surface area contributed by atoms with Gasteiger partial charge in [0.05, 0.1) is 16.7 Å². The van der Waals surface area contributed by atoms with Crippen molar-refractivity contribution in [1.82, 2.24) is 19.5 Å². The zero-order valence-electron chi connectivity index (χ0n) is 30.4. The Balaban J connectivity index is 1.08. The van der Waals surface area contributed by atoms with Crippen LogP contribution in [0, 0.1) is 0 Å². The standard InChI is InChI=1S/C51H30N4O2/c1-3-14-31(15-4-1)34-21-13-25-45-48(34)38-27-26-33(28-46(38)57-45)50-52-49(32-16-5-2-6-17-32)53-51(54-50)37-20-8-11-23-42(37)55-41-22-10-7-18-35(41)39-30-47-40(29-43(39)55)36-19-9-12-24-44(36)56-47/h1-30H. The number of fused-ring (bicyclic) bond motifs is 9. The van der Waals surface area contributed by atoms with Crippen molar-refractivity contribution in [2.75, 3.05) is 0 Å². The Kier molecular flexibility index (Phi) is 6.83. The summed E-state index contributed by atoms with van der Waals surface area (Å²) < 4.78 is 15.2. The van der Waals surface area contributed by atoms with Crippen LogP contribution in [-0.4, -0.2) is 19.5 Å². The van der Waals surface area contributed by atoms with Gasteiger partial charge in [0.15, 0.2) is 17.5 Å². The van der Waals surface area contributed by atoms with E-state index in [1.54, 1.807) is 0 Å². The highest BCUT2D eigenvalue weighted by molar-refractivity contribution is 6.17. The molecule has 12 rings (SSSR count). The first-order chi connectivity index (χ1) is 28.2. The molecule has 6 heteroatoms. The first kappa shape index (κ1) is 31.5. The first-order valence-corrected chi connectivity index (χ1v) is 19.0. The molecular formula is C51H30N4O2. The number of hydrogen-bond donors (Lipinski definition) is 0. The predicted octanol–water partition coefficient (Wildman–Crippen LogP) is 13.4. The van der Waals surface area contributed by atoms with Crippen molar-refractivity contribution in [1.29, 1.82) is 0 Å². The van der Waals surface area contributed by atoms with E-state index < -0.39 is 0 Å². The van der Waals surface area contributed by atoms with E-state index >= 15 is 0 Å². The molecule has 0 N–H and O–H groups in total. The van der Waals surface area contributed by atoms with Gasteiger partial charge in [-0.2, -0.15) is 0 Å². The molecule has 8 aromatic carbocycles. The number of aromatic nitrogens is 4. The number of nitrogens with zero attached hydrogens (tertiary/aromatic N) is 4. The molecule has 0 aliphatic heterocycles. The molecule has 0 amide bonds. The number of furan rings is 2. The third-order valence-electron chi connectivity index (χ3n) is 11.1. The summed E-state index contributed by atoms with van der Waals surface area (Å²) in [5, 5.41) is 6.55. The molecule has 4 aromatic heterocycles. The lowest BCUT2D eigenvalue weighted by Crippen LogP contribution is -2.03. The van der Waals surface area contributed by atoms with Gasteiger partial charge in [-0.25, -0.2) is 15.0 Å². The highest BCUT2D eigenvalue weighted by atomic mass is 16.3. The van der Waals surface area contributed by atoms with Gasteiger partial charge in [0.25, 0.3) is 0 Å². The van der Waals surface area contributed by atoms with Crippen LogP contribution in [0.1, 0.15) is 0 Å². The minimum absolute atomic E-state index is 0.563. The molecule has 0 unspecified atom stereocenters. The van der Waals surface area contributed by atoms with Gasteiger partial charge < -0.3 is 13.4 Å². The minimum atomic E-state index is 0.563. The highest BCUT2D eigenvalue weighted by Gasteiger charge is 2.21. The van der Waals surface area contributed by atoms with Crippen molar-refractivity contribution in [3.8, 4) is 51.0 Å². The second kappa shape index (κ2) is 12.3. The van der Waals surface area contributed by atoms with Crippen LogP contribution in [0.25, 0.3) is 117 Å². The van der Waals surface area contributed by atoms with Crippen LogP contribution in [0.3, 0.4) is 0 Å². The Labute approximate surface area is 325 Å². The summed E-state index contributed by atoms with van der Waals surface area (Å²) in [6.07, 6.45) is 0. The molecule has 0 saturated heterocycles. The van der Waals surface area contributed by atoms with Crippen LogP contribution in [0.5, 0.6) is 0 Å². The fourth-order valence-corrected chi connectivity index (χ4v) is 8.47. The summed E-state index contributed by atoms with van der Waals surface area (Å²) in [5.41, 5.74) is 11.4. The van der Waals surface area contributed by atoms with Gasteiger partial charge in [0.1, 0.15) is 22.3 Å². The summed E-state index contributed by atoms with van der Waals surface area (Å²) >= 11 is 0. The number of benzene rings is 8. The molecule has 0 radical (unpaired) electrons. The first-order valence-electron chi connectivity index (χ1n) is 19.0. The van der Waals surface area contributed by atoms with E-state index in [9.17, 15) is 0 Å². The third kappa shape index (κ3) is 4.94. The van der Waals surface area contributed by atoms with E-state index in [1.807, 2.05) is 66.7 Å². The van der Waals surface area contributed by atoms with E-state index in [-0.39, 0.29) is 0 Å². The lowest BCUT2D eigenvalue weighted by molar-refractivity contribution is 0.669. The van der Waals surface area contributed by atoms with Crippen LogP contribution in [-0.2, 0) is 0 Å². The van der Waals surface area contributed by atoms with E-state index in [1.165, 1.54) is 0 Å². The molecular weight excluding hydrogens is 701 g/mol. The fourth-order valence-electron chi connectivity index (χ4n) is 8.47. The van der Waals surface area contributed by atoms with E-state index in [2.05, 4.69) is 120 Å². The molecule has 0 fully saturated rings. The lowest BCUT2D eigenvalue weighted by Gasteiger charge is -2.14. The van der Waals surface area contributed by atoms with Gasteiger partial charge in [-0.15, -0.1) is 0 Å². The summed E-state index contributed by atoms with van der Waals surface area (Å²) in [4.78, 5) is 15.5. The highest BCUT2D eigenvalue weighted by Crippen LogP contribution is 2.41. The van der Waals surface area contributed by atoms with E-state index in [0.29, 0.717) is 17.5 Å². The number of rotatable bonds is 5. The molecule has 0 bridgehead atoms. The molecule has 0 aliphatic rings. The Hall–Kier alpha value is -7.83. The van der Waals surface area contributed by atoms with Crippen molar-refractivity contribution >= 4 is 65.7 Å². The third-order valence-corrected chi connectivity index (χ3v) is 11.1. The second-order valence-electron chi connectivity index (χ2n) is 14.4. The van der Waals surface area contributed by atoms with Gasteiger partial charge in [0, 0.05) is 49.0 Å². The normalized spacial score (nSPS) is 11.9. The SMILES string of the molecule is c1ccc(-c2nc(-c3ccc4c(c3)oc3cccc(-c5ccccc5)c34)nc(-c3ccccc3-n3c4ccccc4c4cc5oc6ccccc6c5cc43)n2)cc1. The average Bonchev–Trinajstić information content (AvgIpc) is 3.95. The van der Waals surface area contributed by atoms with E-state index in [4.69, 9.17) is 23.8 Å². The van der Waals surface area contributed by atoms with Crippen molar-refractivity contribution in [3.63, 3.8) is 0 Å². The van der Waals surface area contributed by atoms with Gasteiger partial charge in [0.2, 0.25) is 0 Å². The summed E-state index contributed by atoms with van der Waals surface area (Å²) in [6.45, 7) is 0. The fraction of sp³-hybridized carbons (Fsp3) is 0. The molecule has 266 valence electrons. The zero-order valence-corrected chi connectivity index (χ0v) is 30.4. The van der Waals surface area contributed by atoms with Gasteiger partial charge in [-0.1, -0.05) is 127 Å². The zero-order chi connectivity index (χ0) is 37.5. The van der Waals surface area contributed by atoms with E-state index in [0.717, 1.165) is 99.2 Å². The van der Waals surface area contributed by atoms with Crippen molar-refractivity contribution in [2.24, 2.45) is 0 Å². The molecule has 0 saturated carbocycles.